The summed E-state index contributed by atoms with van der Waals surface area (Å²) in [6, 6.07) is 11.4. The largest absolute Gasteiger partial charge is 0.491 e. The maximum atomic E-state index is 13.6. The molecular weight excluding hydrogens is 565 g/mol. The number of anilines is 1. The van der Waals surface area contributed by atoms with Gasteiger partial charge in [0.05, 0.1) is 24.3 Å². The molecule has 0 aliphatic rings. The molecular formula is C28H28ClF3N4O5. The Hall–Kier alpha value is -4.32. The molecule has 3 aromatic rings. The van der Waals surface area contributed by atoms with E-state index in [1.165, 1.54) is 30.1 Å². The van der Waals surface area contributed by atoms with Gasteiger partial charge in [0.15, 0.2) is 0 Å². The number of aromatic nitrogens is 1. The Kier molecular flexibility index (Phi) is 9.82. The molecule has 0 fully saturated rings. The van der Waals surface area contributed by atoms with Crippen LogP contribution in [0.1, 0.15) is 43.1 Å². The van der Waals surface area contributed by atoms with Crippen molar-refractivity contribution in [2.45, 2.75) is 39.0 Å². The second kappa shape index (κ2) is 12.9. The van der Waals surface area contributed by atoms with Gasteiger partial charge in [-0.2, -0.15) is 13.2 Å². The molecule has 0 saturated heterocycles. The van der Waals surface area contributed by atoms with Gasteiger partial charge in [-0.05, 0) is 57.2 Å². The summed E-state index contributed by atoms with van der Waals surface area (Å²) >= 11 is 6.23. The molecule has 1 aromatic heterocycles. The molecule has 0 saturated carbocycles. The van der Waals surface area contributed by atoms with Gasteiger partial charge in [0.1, 0.15) is 11.4 Å². The minimum Gasteiger partial charge on any atom is -0.491 e. The van der Waals surface area contributed by atoms with Crippen LogP contribution in [0.25, 0.3) is 11.1 Å². The fraction of sp³-hybridized carbons (Fsp3) is 0.286. The number of halogens is 4. The quantitative estimate of drug-likeness (QED) is 0.325. The van der Waals surface area contributed by atoms with E-state index in [1.54, 1.807) is 45.0 Å². The second-order valence-corrected chi connectivity index (χ2v) is 10.1. The van der Waals surface area contributed by atoms with Gasteiger partial charge in [-0.15, -0.1) is 0 Å². The molecule has 13 heteroatoms. The van der Waals surface area contributed by atoms with E-state index in [-0.39, 0.29) is 40.5 Å². The number of hydrazine groups is 1. The lowest BCUT2D eigenvalue weighted by Gasteiger charge is -2.22. The van der Waals surface area contributed by atoms with Gasteiger partial charge in [0.2, 0.25) is 5.91 Å². The van der Waals surface area contributed by atoms with Gasteiger partial charge in [-0.1, -0.05) is 23.7 Å². The number of alkyl halides is 3. The molecule has 0 atom stereocenters. The third-order valence-electron chi connectivity index (χ3n) is 5.45. The normalized spacial score (nSPS) is 11.4. The summed E-state index contributed by atoms with van der Waals surface area (Å²) in [5.74, 6) is -0.812. The Bertz CT molecular complexity index is 1430. The molecule has 2 aromatic carbocycles. The van der Waals surface area contributed by atoms with Gasteiger partial charge >= 0.3 is 12.3 Å². The van der Waals surface area contributed by atoms with Crippen LogP contribution in [0.2, 0.25) is 5.02 Å². The van der Waals surface area contributed by atoms with Crippen molar-refractivity contribution < 1.29 is 37.0 Å². The van der Waals surface area contributed by atoms with Crippen molar-refractivity contribution in [3.63, 3.8) is 0 Å². The van der Waals surface area contributed by atoms with E-state index in [1.807, 2.05) is 0 Å². The molecule has 0 unspecified atom stereocenters. The lowest BCUT2D eigenvalue weighted by Crippen LogP contribution is -2.44. The number of carbonyl (C=O) groups excluding carboxylic acids is 3. The van der Waals surface area contributed by atoms with Crippen molar-refractivity contribution in [2.24, 2.45) is 0 Å². The van der Waals surface area contributed by atoms with Gasteiger partial charge in [-0.25, -0.2) is 10.2 Å². The van der Waals surface area contributed by atoms with E-state index in [2.05, 4.69) is 15.8 Å². The maximum absolute atomic E-state index is 13.6. The maximum Gasteiger partial charge on any atom is 0.426 e. The first-order valence-corrected chi connectivity index (χ1v) is 12.6. The van der Waals surface area contributed by atoms with Crippen LogP contribution in [-0.4, -0.2) is 42.1 Å². The number of hydrogen-bond acceptors (Lipinski definition) is 6. The molecule has 0 spiro atoms. The second-order valence-electron chi connectivity index (χ2n) is 9.72. The Balaban J connectivity index is 1.72. The van der Waals surface area contributed by atoms with E-state index in [0.717, 1.165) is 18.5 Å². The number of rotatable bonds is 7. The van der Waals surface area contributed by atoms with E-state index in [9.17, 15) is 27.6 Å². The smallest absolute Gasteiger partial charge is 0.426 e. The molecule has 0 radical (unpaired) electrons. The molecule has 3 rings (SSSR count). The SMILES string of the molecule is CN(C(=O)c1ccc(Cl)c(-c2cnccc2C(F)(F)F)c1)c1ccccc1OCCC(=O)NNC(=O)OC(C)(C)C. The Morgan fingerprint density at radius 2 is 1.71 bits per heavy atom. The monoisotopic (exact) mass is 592 g/mol. The third kappa shape index (κ3) is 8.58. The van der Waals surface area contributed by atoms with Crippen LogP contribution in [0, 0.1) is 0 Å². The van der Waals surface area contributed by atoms with Crippen LogP contribution in [0.15, 0.2) is 60.9 Å². The molecule has 0 aliphatic carbocycles. The molecule has 3 amide bonds. The number of pyridine rings is 1. The lowest BCUT2D eigenvalue weighted by molar-refractivity contribution is -0.137. The summed E-state index contributed by atoms with van der Waals surface area (Å²) in [6.45, 7) is 4.94. The van der Waals surface area contributed by atoms with Crippen molar-refractivity contribution in [2.75, 3.05) is 18.6 Å². The first-order chi connectivity index (χ1) is 19.2. The van der Waals surface area contributed by atoms with Gasteiger partial charge in [0, 0.05) is 41.2 Å². The minimum absolute atomic E-state index is 0.00174. The number of carbonyl (C=O) groups is 3. The summed E-state index contributed by atoms with van der Waals surface area (Å²) in [7, 11) is 1.47. The topological polar surface area (TPSA) is 110 Å². The number of amides is 3. The first kappa shape index (κ1) is 31.2. The van der Waals surface area contributed by atoms with Crippen molar-refractivity contribution in [1.29, 1.82) is 0 Å². The van der Waals surface area contributed by atoms with Crippen molar-refractivity contribution in [1.82, 2.24) is 15.8 Å². The number of nitrogens with zero attached hydrogens (tertiary/aromatic N) is 2. The highest BCUT2D eigenvalue weighted by molar-refractivity contribution is 6.33. The molecule has 2 N–H and O–H groups in total. The van der Waals surface area contributed by atoms with Crippen molar-refractivity contribution in [3.05, 3.63) is 77.1 Å². The Labute approximate surface area is 239 Å². The molecule has 9 nitrogen and oxygen atoms in total. The third-order valence-corrected chi connectivity index (χ3v) is 5.78. The molecule has 41 heavy (non-hydrogen) atoms. The van der Waals surface area contributed by atoms with Crippen LogP contribution in [0.4, 0.5) is 23.7 Å². The highest BCUT2D eigenvalue weighted by Gasteiger charge is 2.34. The predicted octanol–water partition coefficient (Wildman–Crippen LogP) is 6.02. The molecule has 0 aliphatic heterocycles. The van der Waals surface area contributed by atoms with E-state index in [4.69, 9.17) is 21.1 Å². The summed E-state index contributed by atoms with van der Waals surface area (Å²) < 4.78 is 51.5. The van der Waals surface area contributed by atoms with Crippen molar-refractivity contribution in [3.8, 4) is 16.9 Å². The van der Waals surface area contributed by atoms with Crippen LogP contribution in [-0.2, 0) is 15.7 Å². The minimum atomic E-state index is -4.66. The summed E-state index contributed by atoms with van der Waals surface area (Å²) in [6.07, 6.45) is -3.53. The zero-order valence-electron chi connectivity index (χ0n) is 22.6. The fourth-order valence-corrected chi connectivity index (χ4v) is 3.84. The number of para-hydroxylation sites is 2. The lowest BCUT2D eigenvalue weighted by atomic mass is 9.99. The van der Waals surface area contributed by atoms with Crippen LogP contribution < -0.4 is 20.5 Å². The average molecular weight is 593 g/mol. The van der Waals surface area contributed by atoms with Gasteiger partial charge < -0.3 is 14.4 Å². The predicted molar refractivity (Wildman–Crippen MR) is 146 cm³/mol. The zero-order valence-corrected chi connectivity index (χ0v) is 23.4. The van der Waals surface area contributed by atoms with Crippen molar-refractivity contribution >= 4 is 35.2 Å². The molecule has 218 valence electrons. The van der Waals surface area contributed by atoms with Gasteiger partial charge in [-0.3, -0.25) is 20.0 Å². The van der Waals surface area contributed by atoms with E-state index in [0.29, 0.717) is 5.69 Å². The summed E-state index contributed by atoms with van der Waals surface area (Å²) in [4.78, 5) is 42.2. The standard InChI is InChI=1S/C28H28ClF3N4O5/c1-27(2,3)41-26(39)35-34-24(37)12-14-40-23-8-6-5-7-22(23)36(4)25(38)17-9-10-21(29)18(15-17)19-16-33-13-11-20(19)28(30,31)32/h5-11,13,15-16H,12,14H2,1-4H3,(H,34,37)(H,35,39). The highest BCUT2D eigenvalue weighted by atomic mass is 35.5. The van der Waals surface area contributed by atoms with Gasteiger partial charge in [0.25, 0.3) is 5.91 Å². The van der Waals surface area contributed by atoms with Crippen LogP contribution in [0.5, 0.6) is 5.75 Å². The van der Waals surface area contributed by atoms with Crippen LogP contribution in [0.3, 0.4) is 0 Å². The highest BCUT2D eigenvalue weighted by Crippen LogP contribution is 2.39. The first-order valence-electron chi connectivity index (χ1n) is 12.3. The number of ether oxygens (including phenoxy) is 2. The van der Waals surface area contributed by atoms with Crippen LogP contribution >= 0.6 is 11.6 Å². The summed E-state index contributed by atoms with van der Waals surface area (Å²) in [5.41, 5.74) is 2.85. The number of nitrogens with one attached hydrogen (secondary N) is 2. The Morgan fingerprint density at radius 1 is 1.00 bits per heavy atom. The number of hydrogen-bond donors (Lipinski definition) is 2. The molecule has 0 bridgehead atoms. The average Bonchev–Trinajstić information content (AvgIpc) is 2.90. The van der Waals surface area contributed by atoms with E-state index < -0.39 is 35.2 Å². The zero-order chi connectivity index (χ0) is 30.4. The molecule has 1 heterocycles. The summed E-state index contributed by atoms with van der Waals surface area (Å²) in [5, 5.41) is 0.0193. The Morgan fingerprint density at radius 3 is 2.39 bits per heavy atom. The number of benzene rings is 2. The fourth-order valence-electron chi connectivity index (χ4n) is 3.62. The van der Waals surface area contributed by atoms with E-state index >= 15 is 0 Å².